The van der Waals surface area contributed by atoms with Crippen LogP contribution < -0.4 is 10.6 Å². The van der Waals surface area contributed by atoms with Crippen LogP contribution >= 0.6 is 23.7 Å². The van der Waals surface area contributed by atoms with Crippen LogP contribution in [0.5, 0.6) is 0 Å². The van der Waals surface area contributed by atoms with Gasteiger partial charge in [0.25, 0.3) is 0 Å². The van der Waals surface area contributed by atoms with E-state index in [9.17, 15) is 4.79 Å². The van der Waals surface area contributed by atoms with Gasteiger partial charge in [0.05, 0.1) is 6.04 Å². The van der Waals surface area contributed by atoms with Crippen LogP contribution in [0.1, 0.15) is 42.2 Å². The Morgan fingerprint density at radius 2 is 2.11 bits per heavy atom. The van der Waals surface area contributed by atoms with Crippen molar-refractivity contribution in [1.82, 2.24) is 10.6 Å². The van der Waals surface area contributed by atoms with E-state index in [0.717, 1.165) is 32.4 Å². The fourth-order valence-electron chi connectivity index (χ4n) is 3.01. The number of hydrogen-bond acceptors (Lipinski definition) is 3. The maximum Gasteiger partial charge on any atom is 0.223 e. The number of fused-ring (bicyclic) bond motifs is 1. The van der Waals surface area contributed by atoms with E-state index in [1.165, 1.54) is 23.3 Å². The number of rotatable bonds is 2. The van der Waals surface area contributed by atoms with Crippen molar-refractivity contribution in [2.24, 2.45) is 5.92 Å². The molecule has 2 heterocycles. The lowest BCUT2D eigenvalue weighted by Gasteiger charge is -2.27. The zero-order chi connectivity index (χ0) is 12.4. The van der Waals surface area contributed by atoms with E-state index >= 15 is 0 Å². The van der Waals surface area contributed by atoms with Gasteiger partial charge in [0.15, 0.2) is 0 Å². The molecule has 2 N–H and O–H groups in total. The Hall–Kier alpha value is -0.580. The molecule has 1 aliphatic heterocycles. The van der Waals surface area contributed by atoms with Crippen molar-refractivity contribution in [3.05, 3.63) is 21.9 Å². The molecule has 1 atom stereocenters. The summed E-state index contributed by atoms with van der Waals surface area (Å²) in [7, 11) is 0. The number of aryl methyl sites for hydroxylation is 1. The minimum absolute atomic E-state index is 0. The first-order valence-corrected chi connectivity index (χ1v) is 7.80. The molecule has 0 aromatic carbocycles. The number of nitrogens with one attached hydrogen (secondary N) is 2. The van der Waals surface area contributed by atoms with Gasteiger partial charge in [-0.3, -0.25) is 4.79 Å². The van der Waals surface area contributed by atoms with Crippen LogP contribution in [0.4, 0.5) is 0 Å². The molecule has 106 valence electrons. The van der Waals surface area contributed by atoms with E-state index in [1.54, 1.807) is 0 Å². The molecular weight excluding hydrogens is 280 g/mol. The third-order valence-corrected chi connectivity index (χ3v) is 5.07. The highest BCUT2D eigenvalue weighted by molar-refractivity contribution is 7.10. The number of piperidine rings is 1. The van der Waals surface area contributed by atoms with Gasteiger partial charge in [-0.05, 0) is 62.2 Å². The van der Waals surface area contributed by atoms with Crippen LogP contribution in [-0.2, 0) is 11.2 Å². The van der Waals surface area contributed by atoms with Gasteiger partial charge in [-0.25, -0.2) is 0 Å². The van der Waals surface area contributed by atoms with Gasteiger partial charge < -0.3 is 10.6 Å². The Morgan fingerprint density at radius 3 is 2.89 bits per heavy atom. The topological polar surface area (TPSA) is 41.1 Å². The first kappa shape index (κ1) is 14.8. The molecule has 1 fully saturated rings. The van der Waals surface area contributed by atoms with Crippen LogP contribution in [0.15, 0.2) is 11.4 Å². The van der Waals surface area contributed by atoms with Gasteiger partial charge in [-0.2, -0.15) is 0 Å². The number of amides is 1. The first-order chi connectivity index (χ1) is 8.84. The molecule has 1 aromatic rings. The SMILES string of the molecule is Cl.O=C(NC1CCCc2sccc21)C1CCNCC1. The van der Waals surface area contributed by atoms with Crippen LogP contribution in [0.2, 0.25) is 0 Å². The number of carbonyl (C=O) groups excluding carboxylic acids is 1. The molecule has 19 heavy (non-hydrogen) atoms. The molecule has 1 saturated heterocycles. The smallest absolute Gasteiger partial charge is 0.223 e. The molecule has 3 rings (SSSR count). The second-order valence-corrected chi connectivity index (χ2v) is 6.28. The first-order valence-electron chi connectivity index (χ1n) is 6.92. The predicted molar refractivity (Wildman–Crippen MR) is 81.0 cm³/mol. The molecule has 0 saturated carbocycles. The molecule has 1 unspecified atom stereocenters. The standard InChI is InChI=1S/C14H20N2OS.ClH/c17-14(10-4-7-15-8-5-10)16-12-2-1-3-13-11(12)6-9-18-13;/h6,9-10,12,15H,1-5,7-8H2,(H,16,17);1H. The largest absolute Gasteiger partial charge is 0.349 e. The van der Waals surface area contributed by atoms with Crippen LogP contribution in [0.3, 0.4) is 0 Å². The van der Waals surface area contributed by atoms with Crippen molar-refractivity contribution < 1.29 is 4.79 Å². The molecule has 5 heteroatoms. The van der Waals surface area contributed by atoms with Gasteiger partial charge in [-0.1, -0.05) is 0 Å². The van der Waals surface area contributed by atoms with E-state index in [4.69, 9.17) is 0 Å². The summed E-state index contributed by atoms with van der Waals surface area (Å²) in [6.45, 7) is 1.96. The number of thiophene rings is 1. The second kappa shape index (κ2) is 6.73. The third-order valence-electron chi connectivity index (χ3n) is 4.08. The minimum Gasteiger partial charge on any atom is -0.349 e. The summed E-state index contributed by atoms with van der Waals surface area (Å²) < 4.78 is 0. The van der Waals surface area contributed by atoms with Crippen molar-refractivity contribution in [1.29, 1.82) is 0 Å². The fourth-order valence-corrected chi connectivity index (χ4v) is 4.00. The molecule has 1 amide bonds. The van der Waals surface area contributed by atoms with E-state index < -0.39 is 0 Å². The fraction of sp³-hybridized carbons (Fsp3) is 0.643. The molecule has 0 radical (unpaired) electrons. The predicted octanol–water partition coefficient (Wildman–Crippen LogP) is 2.66. The Labute approximate surface area is 124 Å². The highest BCUT2D eigenvalue weighted by Gasteiger charge is 2.26. The zero-order valence-electron chi connectivity index (χ0n) is 11.0. The summed E-state index contributed by atoms with van der Waals surface area (Å²) in [5, 5.41) is 8.73. The summed E-state index contributed by atoms with van der Waals surface area (Å²) in [5.74, 6) is 0.482. The van der Waals surface area contributed by atoms with Crippen molar-refractivity contribution in [3.8, 4) is 0 Å². The van der Waals surface area contributed by atoms with Crippen LogP contribution in [-0.4, -0.2) is 19.0 Å². The molecule has 1 aliphatic carbocycles. The van der Waals surface area contributed by atoms with E-state index in [2.05, 4.69) is 22.1 Å². The molecular formula is C14H21ClN2OS. The van der Waals surface area contributed by atoms with Gasteiger partial charge in [0.1, 0.15) is 0 Å². The number of halogens is 1. The van der Waals surface area contributed by atoms with Gasteiger partial charge >= 0.3 is 0 Å². The molecule has 0 spiro atoms. The molecule has 0 bridgehead atoms. The summed E-state index contributed by atoms with van der Waals surface area (Å²) in [6, 6.07) is 2.45. The second-order valence-electron chi connectivity index (χ2n) is 5.28. The van der Waals surface area contributed by atoms with Crippen molar-refractivity contribution in [2.75, 3.05) is 13.1 Å². The van der Waals surface area contributed by atoms with Gasteiger partial charge in [0, 0.05) is 10.8 Å². The zero-order valence-corrected chi connectivity index (χ0v) is 12.6. The molecule has 1 aromatic heterocycles. The lowest BCUT2D eigenvalue weighted by atomic mass is 9.92. The Kier molecular flexibility index (Phi) is 5.25. The normalized spacial score (nSPS) is 23.3. The molecule has 2 aliphatic rings. The lowest BCUT2D eigenvalue weighted by molar-refractivity contribution is -0.126. The van der Waals surface area contributed by atoms with E-state index in [-0.39, 0.29) is 30.3 Å². The quantitative estimate of drug-likeness (QED) is 0.882. The highest BCUT2D eigenvalue weighted by atomic mass is 35.5. The average Bonchev–Trinajstić information content (AvgIpc) is 2.89. The van der Waals surface area contributed by atoms with Crippen molar-refractivity contribution in [2.45, 2.75) is 38.1 Å². The van der Waals surface area contributed by atoms with Crippen LogP contribution in [0, 0.1) is 5.92 Å². The lowest BCUT2D eigenvalue weighted by Crippen LogP contribution is -2.40. The highest BCUT2D eigenvalue weighted by Crippen LogP contribution is 2.33. The summed E-state index contributed by atoms with van der Waals surface area (Å²) in [6.07, 6.45) is 5.45. The Balaban J connectivity index is 0.00000133. The van der Waals surface area contributed by atoms with Gasteiger partial charge in [0.2, 0.25) is 5.91 Å². The Bertz CT molecular complexity index is 429. The van der Waals surface area contributed by atoms with Crippen molar-refractivity contribution >= 4 is 29.7 Å². The van der Waals surface area contributed by atoms with Gasteiger partial charge in [-0.15, -0.1) is 23.7 Å². The molecule has 3 nitrogen and oxygen atoms in total. The van der Waals surface area contributed by atoms with E-state index in [0.29, 0.717) is 0 Å². The van der Waals surface area contributed by atoms with E-state index in [1.807, 2.05) is 11.3 Å². The third kappa shape index (κ3) is 3.30. The number of hydrogen-bond donors (Lipinski definition) is 2. The summed E-state index contributed by atoms with van der Waals surface area (Å²) in [4.78, 5) is 13.7. The monoisotopic (exact) mass is 300 g/mol. The maximum atomic E-state index is 12.3. The average molecular weight is 301 g/mol. The summed E-state index contributed by atoms with van der Waals surface area (Å²) in [5.41, 5.74) is 1.37. The maximum absolute atomic E-state index is 12.3. The Morgan fingerprint density at radius 1 is 1.32 bits per heavy atom. The summed E-state index contributed by atoms with van der Waals surface area (Å²) >= 11 is 1.83. The van der Waals surface area contributed by atoms with Crippen molar-refractivity contribution in [3.63, 3.8) is 0 Å². The minimum atomic E-state index is 0. The van der Waals surface area contributed by atoms with Crippen LogP contribution in [0.25, 0.3) is 0 Å². The number of carbonyl (C=O) groups is 1.